The van der Waals surface area contributed by atoms with Crippen LogP contribution in [0.2, 0.25) is 0 Å². The Morgan fingerprint density at radius 2 is 2.20 bits per heavy atom. The number of thiophene rings is 1. The van der Waals surface area contributed by atoms with E-state index in [1.54, 1.807) is 0 Å². The lowest BCUT2D eigenvalue weighted by atomic mass is 10.1. The van der Waals surface area contributed by atoms with Crippen LogP contribution in [0.1, 0.15) is 15.2 Å². The minimum atomic E-state index is -0.617. The summed E-state index contributed by atoms with van der Waals surface area (Å²) in [5.74, 6) is -1.07. The highest BCUT2D eigenvalue weighted by Crippen LogP contribution is 2.43. The topological polar surface area (TPSA) is 29.5 Å². The van der Waals surface area contributed by atoms with Crippen molar-refractivity contribution in [2.45, 2.75) is 6.42 Å². The Bertz CT molecular complexity index is 686. The number of ether oxygens (including phenoxy) is 1. The van der Waals surface area contributed by atoms with Gasteiger partial charge in [-0.2, -0.15) is 0 Å². The molecule has 1 aliphatic heterocycles. The van der Waals surface area contributed by atoms with Crippen LogP contribution in [-0.2, 0) is 11.2 Å². The van der Waals surface area contributed by atoms with Crippen LogP contribution in [0.3, 0.4) is 0 Å². The Morgan fingerprint density at radius 1 is 1.45 bits per heavy atom. The quantitative estimate of drug-likeness (QED) is 0.571. The van der Waals surface area contributed by atoms with Crippen molar-refractivity contribution in [1.82, 2.24) is 0 Å². The normalized spacial score (nSPS) is 13.4. The molecule has 0 fully saturated rings. The molecular formula is C14H11BrFNO2S. The van der Waals surface area contributed by atoms with Crippen LogP contribution >= 0.6 is 27.5 Å². The molecular weight excluding hydrogens is 345 g/mol. The van der Waals surface area contributed by atoms with Crippen LogP contribution in [0.5, 0.6) is 0 Å². The predicted octanol–water partition coefficient (Wildman–Crippen LogP) is 4.01. The number of hydrogen-bond acceptors (Lipinski definition) is 4. The number of hydrogen-bond donors (Lipinski definition) is 0. The average Bonchev–Trinajstić information content (AvgIpc) is 2.73. The highest BCUT2D eigenvalue weighted by atomic mass is 79.9. The molecule has 2 aromatic rings. The molecule has 3 nitrogen and oxygen atoms in total. The van der Waals surface area contributed by atoms with Crippen LogP contribution in [0.25, 0.3) is 10.4 Å². The van der Waals surface area contributed by atoms with E-state index in [0.29, 0.717) is 18.5 Å². The zero-order valence-electron chi connectivity index (χ0n) is 10.7. The van der Waals surface area contributed by atoms with Crippen LogP contribution in [0.15, 0.2) is 24.3 Å². The number of benzene rings is 1. The average molecular weight is 356 g/mol. The van der Waals surface area contributed by atoms with Gasteiger partial charge in [-0.25, -0.2) is 9.18 Å². The zero-order valence-corrected chi connectivity index (χ0v) is 13.1. The van der Waals surface area contributed by atoms with Gasteiger partial charge in [-0.1, -0.05) is 18.2 Å². The van der Waals surface area contributed by atoms with Crippen LogP contribution in [-0.4, -0.2) is 19.6 Å². The number of methoxy groups -OCH3 is 1. The van der Waals surface area contributed by atoms with Crippen LogP contribution in [0, 0.1) is 5.82 Å². The highest BCUT2D eigenvalue weighted by Gasteiger charge is 2.28. The Hall–Kier alpha value is -1.40. The summed E-state index contributed by atoms with van der Waals surface area (Å²) in [4.78, 5) is 12.5. The molecule has 1 aromatic carbocycles. The van der Waals surface area contributed by atoms with Crippen molar-refractivity contribution in [3.63, 3.8) is 0 Å². The minimum Gasteiger partial charge on any atom is -0.465 e. The van der Waals surface area contributed by atoms with Crippen molar-refractivity contribution in [2.24, 2.45) is 0 Å². The number of para-hydroxylation sites is 1. The second kappa shape index (κ2) is 5.18. The molecule has 3 rings (SSSR count). The Kier molecular flexibility index (Phi) is 3.52. The molecule has 1 aliphatic rings. The van der Waals surface area contributed by atoms with E-state index in [9.17, 15) is 9.18 Å². The first-order valence-electron chi connectivity index (χ1n) is 6.05. The fraction of sp³-hybridized carbons (Fsp3) is 0.214. The van der Waals surface area contributed by atoms with E-state index in [0.717, 1.165) is 27.5 Å². The molecule has 0 atom stereocenters. The van der Waals surface area contributed by atoms with Crippen molar-refractivity contribution in [2.75, 3.05) is 17.6 Å². The van der Waals surface area contributed by atoms with Gasteiger partial charge in [0.25, 0.3) is 0 Å². The summed E-state index contributed by atoms with van der Waals surface area (Å²) >= 11 is 4.65. The lowest BCUT2D eigenvalue weighted by Crippen LogP contribution is -2.12. The van der Waals surface area contributed by atoms with Crippen LogP contribution < -0.4 is 3.93 Å². The summed E-state index contributed by atoms with van der Waals surface area (Å²) in [5.41, 5.74) is 2.49. The van der Waals surface area contributed by atoms with Gasteiger partial charge in [-0.05, 0) is 12.5 Å². The number of carbonyl (C=O) groups excluding carboxylic acids is 1. The lowest BCUT2D eigenvalue weighted by molar-refractivity contribution is 0.0601. The summed E-state index contributed by atoms with van der Waals surface area (Å²) in [6, 6.07) is 7.74. The maximum atomic E-state index is 14.4. The van der Waals surface area contributed by atoms with E-state index < -0.39 is 11.8 Å². The van der Waals surface area contributed by atoms with Gasteiger partial charge in [0.15, 0.2) is 5.82 Å². The number of esters is 1. The fourth-order valence-corrected chi connectivity index (χ4v) is 3.99. The lowest BCUT2D eigenvalue weighted by Gasteiger charge is -2.15. The number of halogens is 2. The molecule has 20 heavy (non-hydrogen) atoms. The Balaban J connectivity index is 2.23. The largest absolute Gasteiger partial charge is 0.465 e. The third-order valence-electron chi connectivity index (χ3n) is 3.28. The van der Waals surface area contributed by atoms with Gasteiger partial charge in [0, 0.05) is 38.7 Å². The van der Waals surface area contributed by atoms with E-state index in [-0.39, 0.29) is 4.88 Å². The molecule has 0 aliphatic carbocycles. The number of anilines is 1. The first-order chi connectivity index (χ1) is 9.63. The summed E-state index contributed by atoms with van der Waals surface area (Å²) < 4.78 is 21.0. The number of fused-ring (bicyclic) bond motifs is 3. The maximum absolute atomic E-state index is 14.4. The molecule has 0 radical (unpaired) electrons. The Labute approximate surface area is 128 Å². The molecule has 2 heterocycles. The molecule has 0 bridgehead atoms. The van der Waals surface area contributed by atoms with E-state index in [2.05, 4.69) is 20.9 Å². The second-order valence-corrected chi connectivity index (χ2v) is 6.27. The van der Waals surface area contributed by atoms with Crippen molar-refractivity contribution >= 4 is 39.1 Å². The molecule has 6 heteroatoms. The van der Waals surface area contributed by atoms with Gasteiger partial charge < -0.3 is 8.66 Å². The van der Waals surface area contributed by atoms with E-state index in [1.165, 1.54) is 7.11 Å². The van der Waals surface area contributed by atoms with Gasteiger partial charge in [0.2, 0.25) is 0 Å². The summed E-state index contributed by atoms with van der Waals surface area (Å²) in [7, 11) is 1.26. The molecule has 0 saturated carbocycles. The third-order valence-corrected chi connectivity index (χ3v) is 5.24. The van der Waals surface area contributed by atoms with Gasteiger partial charge in [0.05, 0.1) is 12.8 Å². The van der Waals surface area contributed by atoms with E-state index in [1.807, 2.05) is 28.2 Å². The van der Waals surface area contributed by atoms with Crippen molar-refractivity contribution in [3.05, 3.63) is 40.5 Å². The Morgan fingerprint density at radius 3 is 2.95 bits per heavy atom. The van der Waals surface area contributed by atoms with Crippen molar-refractivity contribution < 1.29 is 13.9 Å². The minimum absolute atomic E-state index is 0.0512. The monoisotopic (exact) mass is 355 g/mol. The molecule has 0 N–H and O–H groups in total. The predicted molar refractivity (Wildman–Crippen MR) is 81.0 cm³/mol. The summed E-state index contributed by atoms with van der Waals surface area (Å²) in [5, 5.41) is 0. The molecule has 1 aromatic heterocycles. The van der Waals surface area contributed by atoms with Crippen LogP contribution in [0.4, 0.5) is 10.1 Å². The molecule has 0 unspecified atom stereocenters. The van der Waals surface area contributed by atoms with Gasteiger partial charge in [-0.15, -0.1) is 11.3 Å². The first-order valence-corrected chi connectivity index (χ1v) is 7.58. The summed E-state index contributed by atoms with van der Waals surface area (Å²) in [6.45, 7) is 0.637. The number of nitrogens with zero attached hydrogens (tertiary/aromatic N) is 1. The van der Waals surface area contributed by atoms with Crippen molar-refractivity contribution in [1.29, 1.82) is 0 Å². The van der Waals surface area contributed by atoms with E-state index >= 15 is 0 Å². The highest BCUT2D eigenvalue weighted by molar-refractivity contribution is 9.10. The number of carbonyl (C=O) groups is 1. The molecule has 104 valence electrons. The SMILES string of the molecule is COC(=O)c1sc2c(c1F)CCN(Br)c1ccccc1-2. The third kappa shape index (κ3) is 2.03. The summed E-state index contributed by atoms with van der Waals surface area (Å²) in [6.07, 6.45) is 0.536. The standard InChI is InChI=1S/C14H11BrFNO2S/c1-19-14(18)13-11(16)9-6-7-17(15)10-5-3-2-4-8(10)12(9)20-13/h2-5H,6-7H2,1H3. The van der Waals surface area contributed by atoms with Crippen molar-refractivity contribution in [3.8, 4) is 10.4 Å². The fourth-order valence-electron chi connectivity index (χ4n) is 2.32. The first kappa shape index (κ1) is 13.6. The van der Waals surface area contributed by atoms with Gasteiger partial charge in [-0.3, -0.25) is 0 Å². The maximum Gasteiger partial charge on any atom is 0.351 e. The van der Waals surface area contributed by atoms with Gasteiger partial charge >= 0.3 is 5.97 Å². The van der Waals surface area contributed by atoms with Gasteiger partial charge in [0.1, 0.15) is 4.88 Å². The zero-order chi connectivity index (χ0) is 14.3. The number of rotatable bonds is 1. The van der Waals surface area contributed by atoms with E-state index in [4.69, 9.17) is 0 Å². The molecule has 0 saturated heterocycles. The second-order valence-electron chi connectivity index (χ2n) is 4.40. The molecule has 0 amide bonds. The smallest absolute Gasteiger partial charge is 0.351 e. The molecule has 0 spiro atoms.